The predicted molar refractivity (Wildman–Crippen MR) is 41.5 cm³/mol. The Morgan fingerprint density at radius 1 is 1.46 bits per heavy atom. The van der Waals surface area contributed by atoms with Crippen molar-refractivity contribution < 1.29 is 24.5 Å². The molecule has 0 N–H and O–H groups in total. The van der Waals surface area contributed by atoms with E-state index in [0.717, 1.165) is 12.8 Å². The SMILES string of the molecule is C=CC(=O)OCCCC.O=C([O-])[O-]. The van der Waals surface area contributed by atoms with Gasteiger partial charge in [0.25, 0.3) is 0 Å². The predicted octanol–water partition coefficient (Wildman–Crippen LogP) is -0.931. The van der Waals surface area contributed by atoms with Crippen LogP contribution in [0.15, 0.2) is 12.7 Å². The number of carboxylic acid groups (broad SMARTS) is 2. The van der Waals surface area contributed by atoms with Crippen LogP contribution in [0, 0.1) is 0 Å². The summed E-state index contributed by atoms with van der Waals surface area (Å²) in [5.41, 5.74) is 0. The maximum atomic E-state index is 10.3. The molecule has 0 aromatic rings. The van der Waals surface area contributed by atoms with Gasteiger partial charge in [-0.25, -0.2) is 4.79 Å². The monoisotopic (exact) mass is 188 g/mol. The van der Waals surface area contributed by atoms with E-state index >= 15 is 0 Å². The van der Waals surface area contributed by atoms with E-state index in [2.05, 4.69) is 11.3 Å². The Labute approximate surface area is 76.6 Å². The quantitative estimate of drug-likeness (QED) is 0.323. The smallest absolute Gasteiger partial charge is 0.330 e. The normalized spacial score (nSPS) is 7.77. The lowest BCUT2D eigenvalue weighted by atomic mass is 10.4. The molecule has 0 rings (SSSR count). The minimum atomic E-state index is -2.33. The lowest BCUT2D eigenvalue weighted by Gasteiger charge is -1.97. The van der Waals surface area contributed by atoms with Crippen molar-refractivity contribution >= 4 is 12.1 Å². The van der Waals surface area contributed by atoms with Gasteiger partial charge in [-0.2, -0.15) is 0 Å². The second kappa shape index (κ2) is 10.5. The second-order valence-electron chi connectivity index (χ2n) is 1.98. The fourth-order valence-corrected chi connectivity index (χ4v) is 0.376. The molecule has 0 radical (unpaired) electrons. The lowest BCUT2D eigenvalue weighted by Crippen LogP contribution is -2.37. The summed E-state index contributed by atoms with van der Waals surface area (Å²) in [7, 11) is 0. The number of ether oxygens (including phenoxy) is 1. The molecule has 0 aliphatic heterocycles. The number of hydrogen-bond donors (Lipinski definition) is 0. The number of hydrogen-bond acceptors (Lipinski definition) is 5. The van der Waals surface area contributed by atoms with Crippen molar-refractivity contribution in [2.24, 2.45) is 0 Å². The van der Waals surface area contributed by atoms with Gasteiger partial charge in [-0.1, -0.05) is 19.9 Å². The number of esters is 1. The van der Waals surface area contributed by atoms with Gasteiger partial charge in [-0.05, 0) is 12.6 Å². The maximum absolute atomic E-state index is 10.3. The Morgan fingerprint density at radius 3 is 2.23 bits per heavy atom. The summed E-state index contributed by atoms with van der Waals surface area (Å²) in [5, 5.41) is 16.7. The van der Waals surface area contributed by atoms with Crippen LogP contribution < -0.4 is 10.2 Å². The molecule has 0 unspecified atom stereocenters. The Bertz CT molecular complexity index is 160. The topological polar surface area (TPSA) is 89.5 Å². The molecule has 0 heterocycles. The van der Waals surface area contributed by atoms with Crippen LogP contribution >= 0.6 is 0 Å². The summed E-state index contributed by atoms with van der Waals surface area (Å²) in [5.74, 6) is -0.330. The highest BCUT2D eigenvalue weighted by atomic mass is 16.6. The first kappa shape index (κ1) is 14.0. The van der Waals surface area contributed by atoms with E-state index in [1.54, 1.807) is 0 Å². The van der Waals surface area contributed by atoms with Gasteiger partial charge in [0.1, 0.15) is 0 Å². The van der Waals surface area contributed by atoms with E-state index < -0.39 is 6.16 Å². The number of carbonyl (C=O) groups excluding carboxylic acids is 2. The summed E-state index contributed by atoms with van der Waals surface area (Å²) in [6.07, 6.45) is 0.819. The highest BCUT2D eigenvalue weighted by Crippen LogP contribution is 1.88. The molecule has 0 fully saturated rings. The molecule has 76 valence electrons. The molecule has 0 aliphatic carbocycles. The summed E-state index contributed by atoms with van der Waals surface area (Å²) in [6, 6.07) is 0. The number of rotatable bonds is 4. The molecule has 0 saturated heterocycles. The fourth-order valence-electron chi connectivity index (χ4n) is 0.376. The molecule has 0 atom stereocenters. The number of unbranched alkanes of at least 4 members (excludes halogenated alkanes) is 1. The van der Waals surface area contributed by atoms with Gasteiger partial charge in [0.05, 0.1) is 6.61 Å². The van der Waals surface area contributed by atoms with Crippen LogP contribution in [0.2, 0.25) is 0 Å². The minimum Gasteiger partial charge on any atom is -0.652 e. The van der Waals surface area contributed by atoms with Crippen molar-refractivity contribution in [3.05, 3.63) is 12.7 Å². The van der Waals surface area contributed by atoms with Gasteiger partial charge >= 0.3 is 5.97 Å². The average molecular weight is 188 g/mol. The Kier molecular flexibility index (Phi) is 11.3. The highest BCUT2D eigenvalue weighted by Gasteiger charge is 1.91. The van der Waals surface area contributed by atoms with Crippen LogP contribution in [0.1, 0.15) is 19.8 Å². The van der Waals surface area contributed by atoms with E-state index in [1.807, 2.05) is 6.92 Å². The molecule has 13 heavy (non-hydrogen) atoms. The third-order valence-corrected chi connectivity index (χ3v) is 0.909. The second-order valence-corrected chi connectivity index (χ2v) is 1.98. The summed E-state index contributed by atoms with van der Waals surface area (Å²) in [4.78, 5) is 18.7. The van der Waals surface area contributed by atoms with Gasteiger partial charge < -0.3 is 19.7 Å². The first-order chi connectivity index (χ1) is 6.04. The molecule has 0 aromatic heterocycles. The zero-order valence-corrected chi connectivity index (χ0v) is 7.45. The van der Waals surface area contributed by atoms with Crippen molar-refractivity contribution in [1.82, 2.24) is 0 Å². The van der Waals surface area contributed by atoms with E-state index in [0.29, 0.717) is 6.61 Å². The maximum Gasteiger partial charge on any atom is 0.330 e. The summed E-state index contributed by atoms with van der Waals surface area (Å²) < 4.78 is 4.67. The van der Waals surface area contributed by atoms with Crippen LogP contribution in [-0.4, -0.2) is 18.7 Å². The zero-order chi connectivity index (χ0) is 10.7. The van der Waals surface area contributed by atoms with Crippen LogP contribution in [0.25, 0.3) is 0 Å². The first-order valence-electron chi connectivity index (χ1n) is 3.71. The molecule has 5 heteroatoms. The molecule has 0 aliphatic rings. The van der Waals surface area contributed by atoms with Gasteiger partial charge in [-0.3, -0.25) is 0 Å². The van der Waals surface area contributed by atoms with Crippen molar-refractivity contribution in [3.63, 3.8) is 0 Å². The summed E-state index contributed by atoms with van der Waals surface area (Å²) >= 11 is 0. The fraction of sp³-hybridized carbons (Fsp3) is 0.500. The molecule has 0 aromatic carbocycles. The molecule has 5 nitrogen and oxygen atoms in total. The Morgan fingerprint density at radius 2 is 1.92 bits per heavy atom. The van der Waals surface area contributed by atoms with Crippen LogP contribution in [0.3, 0.4) is 0 Å². The Balaban J connectivity index is 0. The van der Waals surface area contributed by atoms with Crippen molar-refractivity contribution in [2.75, 3.05) is 6.61 Å². The molecule has 0 amide bonds. The van der Waals surface area contributed by atoms with E-state index in [9.17, 15) is 4.79 Å². The van der Waals surface area contributed by atoms with Crippen LogP contribution in [0.5, 0.6) is 0 Å². The lowest BCUT2D eigenvalue weighted by molar-refractivity contribution is -0.415. The van der Waals surface area contributed by atoms with Crippen molar-refractivity contribution in [1.29, 1.82) is 0 Å². The van der Waals surface area contributed by atoms with Gasteiger partial charge in [-0.15, -0.1) is 0 Å². The molecular formula is C8H12O5-2. The summed E-state index contributed by atoms with van der Waals surface area (Å²) in [6.45, 7) is 5.82. The van der Waals surface area contributed by atoms with E-state index in [1.165, 1.54) is 6.08 Å². The van der Waals surface area contributed by atoms with Crippen molar-refractivity contribution in [3.8, 4) is 0 Å². The highest BCUT2D eigenvalue weighted by molar-refractivity contribution is 5.81. The van der Waals surface area contributed by atoms with Gasteiger partial charge in [0, 0.05) is 6.08 Å². The largest absolute Gasteiger partial charge is 0.652 e. The average Bonchev–Trinajstić information content (AvgIpc) is 2.03. The van der Waals surface area contributed by atoms with Crippen LogP contribution in [0.4, 0.5) is 4.79 Å². The molecule has 0 spiro atoms. The number of carbonyl (C=O) groups is 2. The standard InChI is InChI=1S/C7H12O2.CH2O3/c1-3-5-6-9-7(8)4-2;2-1(3)4/h4H,2-3,5-6H2,1H3;(H2,2,3,4)/p-2. The third kappa shape index (κ3) is 25.1. The van der Waals surface area contributed by atoms with Gasteiger partial charge in [0.2, 0.25) is 0 Å². The third-order valence-electron chi connectivity index (χ3n) is 0.909. The van der Waals surface area contributed by atoms with E-state index in [-0.39, 0.29) is 5.97 Å². The van der Waals surface area contributed by atoms with Gasteiger partial charge in [0.15, 0.2) is 0 Å². The van der Waals surface area contributed by atoms with Crippen molar-refractivity contribution in [2.45, 2.75) is 19.8 Å². The molecular weight excluding hydrogens is 176 g/mol. The minimum absolute atomic E-state index is 0.330. The van der Waals surface area contributed by atoms with E-state index in [4.69, 9.17) is 15.0 Å². The Hall–Kier alpha value is -1.52. The molecule has 0 bridgehead atoms. The zero-order valence-electron chi connectivity index (χ0n) is 7.45. The first-order valence-corrected chi connectivity index (χ1v) is 3.71. The van der Waals surface area contributed by atoms with Crippen LogP contribution in [-0.2, 0) is 9.53 Å². The molecule has 0 saturated carbocycles.